The topological polar surface area (TPSA) is 29.1 Å². The smallest absolute Gasteiger partial charge is 0.251 e. The summed E-state index contributed by atoms with van der Waals surface area (Å²) in [6, 6.07) is 4.58. The molecule has 1 aromatic rings. The van der Waals surface area contributed by atoms with E-state index in [1.54, 1.807) is 0 Å². The summed E-state index contributed by atoms with van der Waals surface area (Å²) in [6.45, 7) is 0. The van der Waals surface area contributed by atoms with Crippen LogP contribution in [0, 0.1) is 5.82 Å². The third kappa shape index (κ3) is 3.45. The normalized spacial score (nSPS) is 16.8. The summed E-state index contributed by atoms with van der Waals surface area (Å²) in [7, 11) is 0. The van der Waals surface area contributed by atoms with Crippen LogP contribution in [0.2, 0.25) is 0 Å². The van der Waals surface area contributed by atoms with Crippen molar-refractivity contribution in [3.8, 4) is 0 Å². The van der Waals surface area contributed by atoms with Crippen LogP contribution in [0.5, 0.6) is 0 Å². The van der Waals surface area contributed by atoms with Gasteiger partial charge in [0.2, 0.25) is 0 Å². The highest BCUT2D eigenvalue weighted by molar-refractivity contribution is 9.10. The van der Waals surface area contributed by atoms with Gasteiger partial charge >= 0.3 is 0 Å². The first kappa shape index (κ1) is 12.9. The highest BCUT2D eigenvalue weighted by atomic mass is 79.9. The number of amides is 1. The second-order valence-corrected chi connectivity index (χ2v) is 6.07. The van der Waals surface area contributed by atoms with Crippen LogP contribution in [0.15, 0.2) is 22.7 Å². The molecule has 1 heterocycles. The zero-order valence-corrected chi connectivity index (χ0v) is 11.6. The average molecular weight is 318 g/mol. The van der Waals surface area contributed by atoms with Crippen molar-refractivity contribution < 1.29 is 9.18 Å². The highest BCUT2D eigenvalue weighted by Crippen LogP contribution is 2.19. The van der Waals surface area contributed by atoms with E-state index in [9.17, 15) is 9.18 Å². The number of carbonyl (C=O) groups is 1. The SMILES string of the molecule is O=C(NC1CCSCC1)c1ccc(F)c(Br)c1. The van der Waals surface area contributed by atoms with Gasteiger partial charge < -0.3 is 5.32 Å². The zero-order valence-electron chi connectivity index (χ0n) is 9.21. The first-order chi connectivity index (χ1) is 8.16. The molecule has 1 amide bonds. The Hall–Kier alpha value is -0.550. The first-order valence-corrected chi connectivity index (χ1v) is 7.45. The molecule has 0 radical (unpaired) electrons. The van der Waals surface area contributed by atoms with Gasteiger partial charge in [0.05, 0.1) is 4.47 Å². The summed E-state index contributed by atoms with van der Waals surface area (Å²) in [5, 5.41) is 2.99. The summed E-state index contributed by atoms with van der Waals surface area (Å²) < 4.78 is 13.4. The molecule has 0 bridgehead atoms. The summed E-state index contributed by atoms with van der Waals surface area (Å²) in [5.74, 6) is 1.72. The second-order valence-electron chi connectivity index (χ2n) is 3.99. The van der Waals surface area contributed by atoms with Crippen LogP contribution in [0.3, 0.4) is 0 Å². The molecule has 1 fully saturated rings. The molecule has 0 aromatic heterocycles. The maximum Gasteiger partial charge on any atom is 0.251 e. The predicted molar refractivity (Wildman–Crippen MR) is 71.9 cm³/mol. The lowest BCUT2D eigenvalue weighted by Crippen LogP contribution is -2.37. The number of halogens is 2. The predicted octanol–water partition coefficient (Wildman–Crippen LogP) is 3.21. The van der Waals surface area contributed by atoms with E-state index < -0.39 is 0 Å². The second kappa shape index (κ2) is 5.87. The maximum atomic E-state index is 13.0. The van der Waals surface area contributed by atoms with Crippen molar-refractivity contribution in [2.45, 2.75) is 18.9 Å². The molecule has 0 atom stereocenters. The van der Waals surface area contributed by atoms with Crippen LogP contribution >= 0.6 is 27.7 Å². The van der Waals surface area contributed by atoms with Gasteiger partial charge in [-0.05, 0) is 58.5 Å². The van der Waals surface area contributed by atoms with Crippen molar-refractivity contribution in [2.24, 2.45) is 0 Å². The Bertz CT molecular complexity index is 421. The molecule has 5 heteroatoms. The van der Waals surface area contributed by atoms with E-state index in [0.29, 0.717) is 10.0 Å². The minimum absolute atomic E-state index is 0.123. The molecule has 17 heavy (non-hydrogen) atoms. The third-order valence-corrected chi connectivity index (χ3v) is 4.39. The Kier molecular flexibility index (Phi) is 4.45. The van der Waals surface area contributed by atoms with E-state index in [1.807, 2.05) is 11.8 Å². The van der Waals surface area contributed by atoms with E-state index in [1.165, 1.54) is 18.2 Å². The highest BCUT2D eigenvalue weighted by Gasteiger charge is 2.17. The number of rotatable bonds is 2. The number of nitrogens with one attached hydrogen (secondary N) is 1. The molecule has 2 nitrogen and oxygen atoms in total. The first-order valence-electron chi connectivity index (χ1n) is 5.50. The van der Waals surface area contributed by atoms with Gasteiger partial charge in [0.15, 0.2) is 0 Å². The lowest BCUT2D eigenvalue weighted by molar-refractivity contribution is 0.0934. The Morgan fingerprint density at radius 1 is 1.41 bits per heavy atom. The standard InChI is InChI=1S/C12H13BrFNOS/c13-10-7-8(1-2-11(10)14)12(16)15-9-3-5-17-6-4-9/h1-2,7,9H,3-6H2,(H,15,16). The molecule has 1 saturated heterocycles. The number of hydrogen-bond donors (Lipinski definition) is 1. The fraction of sp³-hybridized carbons (Fsp3) is 0.417. The monoisotopic (exact) mass is 317 g/mol. The zero-order chi connectivity index (χ0) is 12.3. The molecular weight excluding hydrogens is 305 g/mol. The van der Waals surface area contributed by atoms with Gasteiger partial charge in [0, 0.05) is 11.6 Å². The van der Waals surface area contributed by atoms with Crippen molar-refractivity contribution in [2.75, 3.05) is 11.5 Å². The molecule has 1 N–H and O–H groups in total. The fourth-order valence-electron chi connectivity index (χ4n) is 1.75. The van der Waals surface area contributed by atoms with Gasteiger partial charge in [0.1, 0.15) is 5.82 Å². The number of benzene rings is 1. The summed E-state index contributed by atoms with van der Waals surface area (Å²) in [4.78, 5) is 11.9. The van der Waals surface area contributed by atoms with Gasteiger partial charge in [-0.1, -0.05) is 0 Å². The van der Waals surface area contributed by atoms with Crippen LogP contribution < -0.4 is 5.32 Å². The van der Waals surface area contributed by atoms with Gasteiger partial charge in [-0.25, -0.2) is 4.39 Å². The molecule has 0 unspecified atom stereocenters. The van der Waals surface area contributed by atoms with Crippen molar-refractivity contribution in [1.29, 1.82) is 0 Å². The minimum Gasteiger partial charge on any atom is -0.349 e. The number of carbonyl (C=O) groups excluding carboxylic acids is 1. The summed E-state index contributed by atoms with van der Waals surface area (Å²) >= 11 is 5.00. The van der Waals surface area contributed by atoms with E-state index in [0.717, 1.165) is 24.3 Å². The molecule has 1 aliphatic rings. The van der Waals surface area contributed by atoms with Crippen molar-refractivity contribution in [1.82, 2.24) is 5.32 Å². The van der Waals surface area contributed by atoms with Crippen LogP contribution in [-0.2, 0) is 0 Å². The molecule has 1 aromatic carbocycles. The van der Waals surface area contributed by atoms with Crippen LogP contribution in [0.25, 0.3) is 0 Å². The number of thioether (sulfide) groups is 1. The lowest BCUT2D eigenvalue weighted by Gasteiger charge is -2.22. The van der Waals surface area contributed by atoms with E-state index in [2.05, 4.69) is 21.2 Å². The third-order valence-electron chi connectivity index (χ3n) is 2.74. The Morgan fingerprint density at radius 3 is 2.76 bits per heavy atom. The molecule has 0 aliphatic carbocycles. The molecule has 92 valence electrons. The van der Waals surface area contributed by atoms with Crippen LogP contribution in [0.4, 0.5) is 4.39 Å². The molecule has 0 spiro atoms. The van der Waals surface area contributed by atoms with Crippen molar-refractivity contribution >= 4 is 33.6 Å². The molecule has 0 saturated carbocycles. The largest absolute Gasteiger partial charge is 0.349 e. The van der Waals surface area contributed by atoms with Gasteiger partial charge in [-0.15, -0.1) is 0 Å². The molecular formula is C12H13BrFNOS. The Labute approximate surface area is 112 Å². The average Bonchev–Trinajstić information content (AvgIpc) is 2.34. The Balaban J connectivity index is 2.01. The van der Waals surface area contributed by atoms with Crippen molar-refractivity contribution in [3.05, 3.63) is 34.1 Å². The summed E-state index contributed by atoms with van der Waals surface area (Å²) in [5.41, 5.74) is 0.497. The van der Waals surface area contributed by atoms with E-state index >= 15 is 0 Å². The quantitative estimate of drug-likeness (QED) is 0.907. The fourth-order valence-corrected chi connectivity index (χ4v) is 3.23. The lowest BCUT2D eigenvalue weighted by atomic mass is 10.1. The van der Waals surface area contributed by atoms with E-state index in [-0.39, 0.29) is 17.8 Å². The summed E-state index contributed by atoms with van der Waals surface area (Å²) in [6.07, 6.45) is 2.03. The number of hydrogen-bond acceptors (Lipinski definition) is 2. The Morgan fingerprint density at radius 2 is 2.12 bits per heavy atom. The minimum atomic E-state index is -0.351. The maximum absolute atomic E-state index is 13.0. The molecule has 2 rings (SSSR count). The van der Waals surface area contributed by atoms with E-state index in [4.69, 9.17) is 0 Å². The van der Waals surface area contributed by atoms with Gasteiger partial charge in [0.25, 0.3) is 5.91 Å². The van der Waals surface area contributed by atoms with Crippen LogP contribution in [-0.4, -0.2) is 23.5 Å². The van der Waals surface area contributed by atoms with Crippen molar-refractivity contribution in [3.63, 3.8) is 0 Å². The molecule has 1 aliphatic heterocycles. The van der Waals surface area contributed by atoms with Gasteiger partial charge in [-0.2, -0.15) is 11.8 Å². The van der Waals surface area contributed by atoms with Crippen LogP contribution in [0.1, 0.15) is 23.2 Å². The van der Waals surface area contributed by atoms with Gasteiger partial charge in [-0.3, -0.25) is 4.79 Å².